The minimum absolute atomic E-state index is 0.211. The molecule has 0 unspecified atom stereocenters. The molecule has 84 valence electrons. The normalized spacial score (nSPS) is 10.6. The van der Waals surface area contributed by atoms with Gasteiger partial charge >= 0.3 is 0 Å². The first-order chi connectivity index (χ1) is 7.78. The van der Waals surface area contributed by atoms with Crippen molar-refractivity contribution in [2.45, 2.75) is 13.2 Å². The maximum Gasteiger partial charge on any atom is 0.123 e. The summed E-state index contributed by atoms with van der Waals surface area (Å²) in [5.41, 5.74) is 1.46. The number of hydrogen-bond acceptors (Lipinski definition) is 4. The Bertz CT molecular complexity index is 471. The van der Waals surface area contributed by atoms with E-state index in [1.165, 1.54) is 12.1 Å². The summed E-state index contributed by atoms with van der Waals surface area (Å²) >= 11 is 0. The molecule has 1 heterocycles. The van der Waals surface area contributed by atoms with Crippen LogP contribution in [0.15, 0.2) is 30.5 Å². The van der Waals surface area contributed by atoms with Crippen molar-refractivity contribution in [3.63, 3.8) is 0 Å². The Kier molecular flexibility index (Phi) is 3.23. The highest BCUT2D eigenvalue weighted by molar-refractivity contribution is 5.16. The minimum Gasteiger partial charge on any atom is -0.298 e. The van der Waals surface area contributed by atoms with Crippen molar-refractivity contribution in [2.24, 2.45) is 5.90 Å². The van der Waals surface area contributed by atoms with Crippen LogP contribution in [-0.4, -0.2) is 15.0 Å². The summed E-state index contributed by atoms with van der Waals surface area (Å²) in [4.78, 5) is 4.43. The molecule has 2 aromatic rings. The molecule has 0 fully saturated rings. The average Bonchev–Trinajstić information content (AvgIpc) is 2.66. The Morgan fingerprint density at radius 2 is 2.31 bits per heavy atom. The summed E-state index contributed by atoms with van der Waals surface area (Å²) in [6, 6.07) is 6.34. The monoisotopic (exact) mass is 222 g/mol. The van der Waals surface area contributed by atoms with Crippen LogP contribution >= 0.6 is 0 Å². The molecule has 0 saturated carbocycles. The van der Waals surface area contributed by atoms with E-state index in [1.807, 2.05) is 6.07 Å². The highest BCUT2D eigenvalue weighted by Gasteiger charge is 2.01. The molecule has 0 bridgehead atoms. The van der Waals surface area contributed by atoms with Gasteiger partial charge in [0.05, 0.1) is 12.7 Å². The van der Waals surface area contributed by atoms with Gasteiger partial charge in [0.1, 0.15) is 18.1 Å². The Labute approximate surface area is 91.6 Å². The minimum atomic E-state index is -0.261. The molecular weight excluding hydrogens is 211 g/mol. The highest BCUT2D eigenvalue weighted by Crippen LogP contribution is 2.05. The lowest BCUT2D eigenvalue weighted by Crippen LogP contribution is -2.00. The summed E-state index contributed by atoms with van der Waals surface area (Å²) in [6.45, 7) is 0.679. The summed E-state index contributed by atoms with van der Waals surface area (Å²) in [7, 11) is 0. The lowest BCUT2D eigenvalue weighted by atomic mass is 10.2. The van der Waals surface area contributed by atoms with E-state index in [0.717, 1.165) is 5.56 Å². The molecule has 0 spiro atoms. The first kappa shape index (κ1) is 10.7. The lowest BCUT2D eigenvalue weighted by molar-refractivity contribution is 0.121. The zero-order valence-electron chi connectivity index (χ0n) is 8.51. The van der Waals surface area contributed by atoms with E-state index in [2.05, 4.69) is 15.1 Å². The van der Waals surface area contributed by atoms with Gasteiger partial charge in [-0.15, -0.1) is 5.10 Å². The van der Waals surface area contributed by atoms with Gasteiger partial charge in [0.15, 0.2) is 0 Å². The van der Waals surface area contributed by atoms with Crippen LogP contribution in [0, 0.1) is 5.82 Å². The fourth-order valence-corrected chi connectivity index (χ4v) is 1.39. The Morgan fingerprint density at radius 3 is 3.06 bits per heavy atom. The molecule has 0 radical (unpaired) electrons. The second kappa shape index (κ2) is 4.82. The third-order valence-electron chi connectivity index (χ3n) is 2.05. The predicted octanol–water partition coefficient (Wildman–Crippen LogP) is 0.856. The quantitative estimate of drug-likeness (QED) is 0.779. The fraction of sp³-hybridized carbons (Fsp3) is 0.200. The standard InChI is InChI=1S/C10H11FN4O/c11-9-3-1-2-8(4-9)5-15-6-10(7-16-12)13-14-15/h1-4,6H,5,7,12H2. The second-order valence-corrected chi connectivity index (χ2v) is 3.35. The average molecular weight is 222 g/mol. The number of aromatic nitrogens is 3. The number of rotatable bonds is 4. The van der Waals surface area contributed by atoms with Crippen molar-refractivity contribution in [3.05, 3.63) is 47.5 Å². The van der Waals surface area contributed by atoms with Crippen LogP contribution < -0.4 is 5.90 Å². The van der Waals surface area contributed by atoms with E-state index >= 15 is 0 Å². The van der Waals surface area contributed by atoms with Crippen molar-refractivity contribution >= 4 is 0 Å². The fourth-order valence-electron chi connectivity index (χ4n) is 1.39. The zero-order chi connectivity index (χ0) is 11.4. The van der Waals surface area contributed by atoms with E-state index < -0.39 is 0 Å². The molecule has 0 aliphatic heterocycles. The Morgan fingerprint density at radius 1 is 1.44 bits per heavy atom. The van der Waals surface area contributed by atoms with Gasteiger partial charge in [0.2, 0.25) is 0 Å². The van der Waals surface area contributed by atoms with Gasteiger partial charge in [-0.2, -0.15) is 0 Å². The van der Waals surface area contributed by atoms with Gasteiger partial charge in [-0.25, -0.2) is 15.0 Å². The van der Waals surface area contributed by atoms with Crippen molar-refractivity contribution in [3.8, 4) is 0 Å². The van der Waals surface area contributed by atoms with E-state index in [1.54, 1.807) is 16.9 Å². The molecule has 1 aromatic heterocycles. The first-order valence-corrected chi connectivity index (χ1v) is 4.73. The van der Waals surface area contributed by atoms with E-state index in [9.17, 15) is 4.39 Å². The van der Waals surface area contributed by atoms with Gasteiger partial charge in [-0.1, -0.05) is 17.3 Å². The number of nitrogens with zero attached hydrogens (tertiary/aromatic N) is 3. The Balaban J connectivity index is 2.08. The number of halogens is 1. The van der Waals surface area contributed by atoms with Gasteiger partial charge in [-0.3, -0.25) is 4.84 Å². The van der Waals surface area contributed by atoms with Gasteiger partial charge in [0.25, 0.3) is 0 Å². The lowest BCUT2D eigenvalue weighted by Gasteiger charge is -2.00. The maximum atomic E-state index is 12.9. The molecule has 0 saturated heterocycles. The van der Waals surface area contributed by atoms with Crippen molar-refractivity contribution in [1.29, 1.82) is 0 Å². The highest BCUT2D eigenvalue weighted by atomic mass is 19.1. The largest absolute Gasteiger partial charge is 0.298 e. The summed E-state index contributed by atoms with van der Waals surface area (Å²) in [5.74, 6) is 4.65. The van der Waals surface area contributed by atoms with E-state index in [-0.39, 0.29) is 12.4 Å². The first-order valence-electron chi connectivity index (χ1n) is 4.73. The van der Waals surface area contributed by atoms with Crippen molar-refractivity contribution < 1.29 is 9.23 Å². The van der Waals surface area contributed by atoms with Crippen LogP contribution in [-0.2, 0) is 18.0 Å². The topological polar surface area (TPSA) is 66.0 Å². The van der Waals surface area contributed by atoms with E-state index in [4.69, 9.17) is 5.90 Å². The number of hydrogen-bond donors (Lipinski definition) is 1. The summed E-state index contributed by atoms with van der Waals surface area (Å²) in [6.07, 6.45) is 1.71. The van der Waals surface area contributed by atoms with Crippen molar-refractivity contribution in [1.82, 2.24) is 15.0 Å². The predicted molar refractivity (Wildman–Crippen MR) is 54.5 cm³/mol. The number of nitrogens with two attached hydrogens (primary N) is 1. The molecule has 2 rings (SSSR count). The smallest absolute Gasteiger partial charge is 0.123 e. The van der Waals surface area contributed by atoms with Crippen LogP contribution in [0.1, 0.15) is 11.3 Å². The van der Waals surface area contributed by atoms with Crippen LogP contribution in [0.2, 0.25) is 0 Å². The van der Waals surface area contributed by atoms with Crippen LogP contribution in [0.3, 0.4) is 0 Å². The molecule has 6 heteroatoms. The summed E-state index contributed by atoms with van der Waals surface area (Å²) in [5, 5.41) is 7.71. The molecule has 0 aliphatic rings. The maximum absolute atomic E-state index is 12.9. The molecule has 5 nitrogen and oxygen atoms in total. The zero-order valence-corrected chi connectivity index (χ0v) is 8.51. The SMILES string of the molecule is NOCc1cn(Cc2cccc(F)c2)nn1. The molecule has 0 amide bonds. The molecule has 2 N–H and O–H groups in total. The third-order valence-corrected chi connectivity index (χ3v) is 2.05. The molecule has 16 heavy (non-hydrogen) atoms. The van der Waals surface area contributed by atoms with Crippen LogP contribution in [0.4, 0.5) is 4.39 Å². The van der Waals surface area contributed by atoms with Gasteiger partial charge < -0.3 is 0 Å². The number of benzene rings is 1. The van der Waals surface area contributed by atoms with Crippen molar-refractivity contribution in [2.75, 3.05) is 0 Å². The molecule has 1 aromatic carbocycles. The summed E-state index contributed by atoms with van der Waals surface area (Å²) < 4.78 is 14.5. The molecular formula is C10H11FN4O. The third kappa shape index (κ3) is 2.62. The van der Waals surface area contributed by atoms with Gasteiger partial charge in [-0.05, 0) is 17.7 Å². The second-order valence-electron chi connectivity index (χ2n) is 3.35. The van der Waals surface area contributed by atoms with Crippen LogP contribution in [0.5, 0.6) is 0 Å². The van der Waals surface area contributed by atoms with E-state index in [0.29, 0.717) is 12.2 Å². The Hall–Kier alpha value is -1.79. The van der Waals surface area contributed by atoms with Crippen LogP contribution in [0.25, 0.3) is 0 Å². The molecule has 0 atom stereocenters. The van der Waals surface area contributed by atoms with Gasteiger partial charge in [0, 0.05) is 0 Å². The molecule has 0 aliphatic carbocycles.